The number of rotatable bonds is 2. The fraction of sp³-hybridized carbons (Fsp3) is 0. The van der Waals surface area contributed by atoms with Crippen LogP contribution in [0.5, 0.6) is 0 Å². The summed E-state index contributed by atoms with van der Waals surface area (Å²) in [7, 11) is 0. The first kappa shape index (κ1) is 10.1. The van der Waals surface area contributed by atoms with Gasteiger partial charge in [0.2, 0.25) is 5.91 Å². The summed E-state index contributed by atoms with van der Waals surface area (Å²) in [5.41, 5.74) is 1.93. The Hall–Kier alpha value is -2.43. The number of nitro groups is 1. The van der Waals surface area contributed by atoms with E-state index in [-0.39, 0.29) is 11.6 Å². The zero-order valence-corrected chi connectivity index (χ0v) is 8.27. The van der Waals surface area contributed by atoms with Crippen molar-refractivity contribution in [3.05, 3.63) is 58.3 Å². The van der Waals surface area contributed by atoms with Gasteiger partial charge in [0.25, 0.3) is 5.69 Å². The maximum absolute atomic E-state index is 11.1. The van der Waals surface area contributed by atoms with Crippen molar-refractivity contribution in [1.29, 1.82) is 0 Å². The van der Waals surface area contributed by atoms with Crippen molar-refractivity contribution < 1.29 is 9.72 Å². The maximum atomic E-state index is 11.1. The Kier molecular flexibility index (Phi) is 2.28. The number of hydrogen-bond donors (Lipinski definition) is 1. The molecule has 0 fully saturated rings. The molecule has 16 heavy (non-hydrogen) atoms. The van der Waals surface area contributed by atoms with Gasteiger partial charge in [-0.05, 0) is 17.7 Å². The Bertz CT molecular complexity index is 515. The molecule has 5 nitrogen and oxygen atoms in total. The fourth-order valence-electron chi connectivity index (χ4n) is 1.49. The van der Waals surface area contributed by atoms with Crippen LogP contribution in [0.2, 0.25) is 0 Å². The van der Waals surface area contributed by atoms with Crippen LogP contribution >= 0.6 is 0 Å². The van der Waals surface area contributed by atoms with Crippen LogP contribution in [-0.2, 0) is 4.79 Å². The number of nitro benzene ring substituents is 1. The Labute approximate surface area is 91.2 Å². The molecule has 1 aromatic rings. The van der Waals surface area contributed by atoms with E-state index in [2.05, 4.69) is 11.9 Å². The van der Waals surface area contributed by atoms with E-state index in [1.807, 2.05) is 0 Å². The Morgan fingerprint density at radius 1 is 1.25 bits per heavy atom. The number of amides is 1. The normalized spacial score (nSPS) is 14.6. The van der Waals surface area contributed by atoms with Crippen LogP contribution in [0, 0.1) is 10.1 Å². The summed E-state index contributed by atoms with van der Waals surface area (Å²) in [4.78, 5) is 21.0. The lowest BCUT2D eigenvalue weighted by Gasteiger charge is -2.02. The summed E-state index contributed by atoms with van der Waals surface area (Å²) in [6, 6.07) is 5.98. The molecule has 0 unspecified atom stereocenters. The van der Waals surface area contributed by atoms with Crippen molar-refractivity contribution in [3.8, 4) is 0 Å². The highest BCUT2D eigenvalue weighted by Gasteiger charge is 2.17. The highest BCUT2D eigenvalue weighted by molar-refractivity contribution is 6.06. The van der Waals surface area contributed by atoms with Gasteiger partial charge in [-0.25, -0.2) is 0 Å². The smallest absolute Gasteiger partial charge is 0.269 e. The first-order valence-corrected chi connectivity index (χ1v) is 4.55. The van der Waals surface area contributed by atoms with Gasteiger partial charge >= 0.3 is 0 Å². The molecule has 0 atom stereocenters. The third-order valence-corrected chi connectivity index (χ3v) is 2.26. The molecule has 1 heterocycles. The number of benzene rings is 1. The molecule has 0 aliphatic carbocycles. The Morgan fingerprint density at radius 2 is 1.88 bits per heavy atom. The van der Waals surface area contributed by atoms with Crippen LogP contribution < -0.4 is 5.32 Å². The largest absolute Gasteiger partial charge is 0.322 e. The molecule has 2 rings (SSSR count). The SMILES string of the molecule is C=C1NC(=O)C=C1c1ccc([N+](=O)[O-])cc1. The van der Waals surface area contributed by atoms with Crippen LogP contribution in [-0.4, -0.2) is 10.8 Å². The fourth-order valence-corrected chi connectivity index (χ4v) is 1.49. The number of nitrogens with one attached hydrogen (secondary N) is 1. The van der Waals surface area contributed by atoms with Gasteiger partial charge in [-0.15, -0.1) is 0 Å². The number of nitrogens with zero attached hydrogens (tertiary/aromatic N) is 1. The number of carbonyl (C=O) groups excluding carboxylic acids is 1. The Morgan fingerprint density at radius 3 is 2.31 bits per heavy atom. The summed E-state index contributed by atoms with van der Waals surface area (Å²) < 4.78 is 0. The summed E-state index contributed by atoms with van der Waals surface area (Å²) >= 11 is 0. The highest BCUT2D eigenvalue weighted by atomic mass is 16.6. The highest BCUT2D eigenvalue weighted by Crippen LogP contribution is 2.25. The average molecular weight is 216 g/mol. The number of carbonyl (C=O) groups is 1. The van der Waals surface area contributed by atoms with Crippen molar-refractivity contribution in [1.82, 2.24) is 5.32 Å². The van der Waals surface area contributed by atoms with Gasteiger partial charge in [0.05, 0.1) is 4.92 Å². The van der Waals surface area contributed by atoms with Crippen molar-refractivity contribution in [2.24, 2.45) is 0 Å². The van der Waals surface area contributed by atoms with E-state index in [0.29, 0.717) is 11.3 Å². The van der Waals surface area contributed by atoms with Gasteiger partial charge in [-0.1, -0.05) is 6.58 Å². The standard InChI is InChI=1S/C11H8N2O3/c1-7-10(6-11(14)12-7)8-2-4-9(5-3-8)13(15)16/h2-6H,1H2,(H,12,14). The second-order valence-electron chi connectivity index (χ2n) is 3.33. The minimum atomic E-state index is -0.467. The zero-order chi connectivity index (χ0) is 11.7. The summed E-state index contributed by atoms with van der Waals surface area (Å²) in [5, 5.41) is 13.0. The van der Waals surface area contributed by atoms with Gasteiger partial charge in [-0.2, -0.15) is 0 Å². The topological polar surface area (TPSA) is 72.2 Å². The number of hydrogen-bond acceptors (Lipinski definition) is 3. The minimum absolute atomic E-state index is 0.0206. The van der Waals surface area contributed by atoms with Crippen molar-refractivity contribution >= 4 is 17.2 Å². The van der Waals surface area contributed by atoms with E-state index in [4.69, 9.17) is 0 Å². The average Bonchev–Trinajstić information content (AvgIpc) is 2.58. The molecule has 0 aromatic heterocycles. The maximum Gasteiger partial charge on any atom is 0.269 e. The second-order valence-corrected chi connectivity index (χ2v) is 3.33. The van der Waals surface area contributed by atoms with Crippen molar-refractivity contribution in [2.45, 2.75) is 0 Å². The third-order valence-electron chi connectivity index (χ3n) is 2.26. The number of allylic oxidation sites excluding steroid dienone is 1. The lowest BCUT2D eigenvalue weighted by Crippen LogP contribution is -2.12. The van der Waals surface area contributed by atoms with Gasteiger partial charge in [0, 0.05) is 29.5 Å². The molecule has 0 bridgehead atoms. The van der Waals surface area contributed by atoms with E-state index in [1.165, 1.54) is 18.2 Å². The van der Waals surface area contributed by atoms with Crippen LogP contribution in [0.3, 0.4) is 0 Å². The quantitative estimate of drug-likeness (QED) is 0.603. The molecule has 0 saturated carbocycles. The summed E-state index contributed by atoms with van der Waals surface area (Å²) in [6.45, 7) is 3.69. The van der Waals surface area contributed by atoms with Gasteiger partial charge in [-0.3, -0.25) is 14.9 Å². The van der Waals surface area contributed by atoms with E-state index in [0.717, 1.165) is 5.56 Å². The van der Waals surface area contributed by atoms with Crippen LogP contribution in [0.4, 0.5) is 5.69 Å². The predicted molar refractivity (Wildman–Crippen MR) is 58.4 cm³/mol. The molecule has 80 valence electrons. The van der Waals surface area contributed by atoms with Crippen molar-refractivity contribution in [2.75, 3.05) is 0 Å². The molecule has 0 saturated heterocycles. The molecular formula is C11H8N2O3. The molecule has 0 spiro atoms. The van der Waals surface area contributed by atoms with Crippen LogP contribution in [0.15, 0.2) is 42.6 Å². The summed E-state index contributed by atoms with van der Waals surface area (Å²) in [6.07, 6.45) is 1.42. The lowest BCUT2D eigenvalue weighted by atomic mass is 10.0. The van der Waals surface area contributed by atoms with Gasteiger partial charge in [0.15, 0.2) is 0 Å². The van der Waals surface area contributed by atoms with Crippen LogP contribution in [0.25, 0.3) is 5.57 Å². The number of non-ortho nitro benzene ring substituents is 1. The summed E-state index contributed by atoms with van der Waals surface area (Å²) in [5.74, 6) is -0.224. The first-order chi connectivity index (χ1) is 7.58. The van der Waals surface area contributed by atoms with Gasteiger partial charge < -0.3 is 5.32 Å². The van der Waals surface area contributed by atoms with E-state index >= 15 is 0 Å². The van der Waals surface area contributed by atoms with Crippen LogP contribution in [0.1, 0.15) is 5.56 Å². The molecule has 1 aromatic carbocycles. The monoisotopic (exact) mass is 216 g/mol. The minimum Gasteiger partial charge on any atom is -0.322 e. The molecule has 0 radical (unpaired) electrons. The first-order valence-electron chi connectivity index (χ1n) is 4.55. The molecule has 5 heteroatoms. The molecule has 1 N–H and O–H groups in total. The second kappa shape index (κ2) is 3.62. The molecule has 1 amide bonds. The molecule has 1 aliphatic heterocycles. The van der Waals surface area contributed by atoms with E-state index < -0.39 is 4.92 Å². The van der Waals surface area contributed by atoms with E-state index in [1.54, 1.807) is 12.1 Å². The van der Waals surface area contributed by atoms with Gasteiger partial charge in [0.1, 0.15) is 0 Å². The zero-order valence-electron chi connectivity index (χ0n) is 8.27. The predicted octanol–water partition coefficient (Wildman–Crippen LogP) is 1.62. The molecular weight excluding hydrogens is 208 g/mol. The lowest BCUT2D eigenvalue weighted by molar-refractivity contribution is -0.384. The van der Waals surface area contributed by atoms with Crippen molar-refractivity contribution in [3.63, 3.8) is 0 Å². The third kappa shape index (κ3) is 1.70. The Balaban J connectivity index is 2.36. The van der Waals surface area contributed by atoms with E-state index in [9.17, 15) is 14.9 Å². The molecule has 1 aliphatic rings.